The molecule has 1 heterocycles. The number of rotatable bonds is 1. The molecule has 1 aromatic carbocycles. The molecule has 15 heavy (non-hydrogen) atoms. The maximum Gasteiger partial charge on any atom is 0.0248 e. The molecule has 0 spiro atoms. The Kier molecular flexibility index (Phi) is 3.82. The summed E-state index contributed by atoms with van der Waals surface area (Å²) < 4.78 is 0. The van der Waals surface area contributed by atoms with Crippen molar-refractivity contribution in [1.82, 2.24) is 5.32 Å². The normalized spacial score (nSPS) is 13.9. The summed E-state index contributed by atoms with van der Waals surface area (Å²) >= 11 is 3.37. The second kappa shape index (κ2) is 5.34. The number of hydrogen-bond acceptors (Lipinski definition) is 1. The standard InChI is InChI=1S/C13H14BrN/c14-7-2-1-3-11-4-5-12-6-8-15-10-13(12)9-11/h4-5,9,15H,2,6-8,10H2. The minimum absolute atomic E-state index is 0.912. The van der Waals surface area contributed by atoms with Gasteiger partial charge in [0.1, 0.15) is 0 Å². The van der Waals surface area contributed by atoms with E-state index in [9.17, 15) is 0 Å². The van der Waals surface area contributed by atoms with Crippen LogP contribution in [0.2, 0.25) is 0 Å². The van der Waals surface area contributed by atoms with E-state index in [1.165, 1.54) is 11.1 Å². The van der Waals surface area contributed by atoms with E-state index in [0.29, 0.717) is 0 Å². The summed E-state index contributed by atoms with van der Waals surface area (Å²) in [5.74, 6) is 6.33. The summed E-state index contributed by atoms with van der Waals surface area (Å²) in [4.78, 5) is 0. The van der Waals surface area contributed by atoms with Gasteiger partial charge in [-0.1, -0.05) is 33.8 Å². The number of alkyl halides is 1. The Morgan fingerprint density at radius 1 is 1.33 bits per heavy atom. The van der Waals surface area contributed by atoms with Crippen LogP contribution in [0.1, 0.15) is 23.1 Å². The van der Waals surface area contributed by atoms with Crippen LogP contribution in [0, 0.1) is 11.8 Å². The fourth-order valence-electron chi connectivity index (χ4n) is 1.77. The highest BCUT2D eigenvalue weighted by molar-refractivity contribution is 9.09. The Labute approximate surface area is 99.4 Å². The van der Waals surface area contributed by atoms with Gasteiger partial charge < -0.3 is 5.32 Å². The van der Waals surface area contributed by atoms with Crippen LogP contribution in [0.3, 0.4) is 0 Å². The van der Waals surface area contributed by atoms with Crippen LogP contribution in [-0.2, 0) is 13.0 Å². The molecule has 0 atom stereocenters. The van der Waals surface area contributed by atoms with Gasteiger partial charge in [0.05, 0.1) is 0 Å². The summed E-state index contributed by atoms with van der Waals surface area (Å²) in [6.45, 7) is 2.09. The molecule has 1 aliphatic rings. The van der Waals surface area contributed by atoms with E-state index in [0.717, 1.165) is 36.8 Å². The van der Waals surface area contributed by atoms with Crippen LogP contribution in [0.5, 0.6) is 0 Å². The van der Waals surface area contributed by atoms with Gasteiger partial charge >= 0.3 is 0 Å². The molecule has 1 nitrogen and oxygen atoms in total. The molecule has 2 rings (SSSR count). The van der Waals surface area contributed by atoms with Gasteiger partial charge in [0.15, 0.2) is 0 Å². The zero-order chi connectivity index (χ0) is 10.5. The van der Waals surface area contributed by atoms with Crippen molar-refractivity contribution >= 4 is 15.9 Å². The number of halogens is 1. The minimum Gasteiger partial charge on any atom is -0.312 e. The molecule has 1 aliphatic heterocycles. The Morgan fingerprint density at radius 2 is 2.27 bits per heavy atom. The lowest BCUT2D eigenvalue weighted by Crippen LogP contribution is -2.23. The summed E-state index contributed by atoms with van der Waals surface area (Å²) in [6.07, 6.45) is 2.06. The van der Waals surface area contributed by atoms with Crippen molar-refractivity contribution < 1.29 is 0 Å². The summed E-state index contributed by atoms with van der Waals surface area (Å²) in [6, 6.07) is 6.56. The van der Waals surface area contributed by atoms with Crippen molar-refractivity contribution in [2.75, 3.05) is 11.9 Å². The maximum atomic E-state index is 3.38. The highest BCUT2D eigenvalue weighted by Crippen LogP contribution is 2.15. The molecule has 0 amide bonds. The Hall–Kier alpha value is -0.780. The van der Waals surface area contributed by atoms with E-state index in [1.54, 1.807) is 0 Å². The maximum absolute atomic E-state index is 3.38. The van der Waals surface area contributed by atoms with Crippen molar-refractivity contribution in [1.29, 1.82) is 0 Å². The van der Waals surface area contributed by atoms with Crippen molar-refractivity contribution in [3.8, 4) is 11.8 Å². The fourth-order valence-corrected chi connectivity index (χ4v) is 1.97. The van der Waals surface area contributed by atoms with Gasteiger partial charge in [0, 0.05) is 23.9 Å². The zero-order valence-corrected chi connectivity index (χ0v) is 10.2. The third-order valence-corrected chi connectivity index (χ3v) is 2.94. The molecular formula is C13H14BrN. The molecule has 0 aromatic heterocycles. The molecule has 0 unspecified atom stereocenters. The highest BCUT2D eigenvalue weighted by Gasteiger charge is 2.07. The van der Waals surface area contributed by atoms with Gasteiger partial charge in [-0.25, -0.2) is 0 Å². The highest BCUT2D eigenvalue weighted by atomic mass is 79.9. The first-order valence-electron chi connectivity index (χ1n) is 5.27. The Bertz CT molecular complexity index is 401. The molecular weight excluding hydrogens is 250 g/mol. The molecule has 0 radical (unpaired) electrons. The van der Waals surface area contributed by atoms with Gasteiger partial charge in [0.2, 0.25) is 0 Å². The zero-order valence-electron chi connectivity index (χ0n) is 8.65. The van der Waals surface area contributed by atoms with Crippen LogP contribution in [0.15, 0.2) is 18.2 Å². The lowest BCUT2D eigenvalue weighted by Gasteiger charge is -2.16. The first kappa shape index (κ1) is 10.7. The number of nitrogens with one attached hydrogen (secondary N) is 1. The summed E-state index contributed by atoms with van der Waals surface area (Å²) in [5.41, 5.74) is 4.02. The van der Waals surface area contributed by atoms with Crippen LogP contribution in [0.25, 0.3) is 0 Å². The van der Waals surface area contributed by atoms with Crippen molar-refractivity contribution in [2.45, 2.75) is 19.4 Å². The monoisotopic (exact) mass is 263 g/mol. The fraction of sp³-hybridized carbons (Fsp3) is 0.385. The number of hydrogen-bond donors (Lipinski definition) is 1. The second-order valence-corrected chi connectivity index (χ2v) is 4.44. The third kappa shape index (κ3) is 2.84. The first-order chi connectivity index (χ1) is 7.40. The van der Waals surface area contributed by atoms with Crippen LogP contribution >= 0.6 is 15.9 Å². The molecule has 2 heteroatoms. The van der Waals surface area contributed by atoms with Crippen molar-refractivity contribution in [2.24, 2.45) is 0 Å². The molecule has 0 aliphatic carbocycles. The molecule has 0 saturated carbocycles. The molecule has 0 fully saturated rings. The lowest BCUT2D eigenvalue weighted by atomic mass is 9.99. The SMILES string of the molecule is BrCCC#Cc1ccc2c(c1)CNCC2. The smallest absolute Gasteiger partial charge is 0.0248 e. The van der Waals surface area contributed by atoms with Crippen molar-refractivity contribution in [3.05, 3.63) is 34.9 Å². The van der Waals surface area contributed by atoms with E-state index >= 15 is 0 Å². The van der Waals surface area contributed by atoms with Crippen LogP contribution in [-0.4, -0.2) is 11.9 Å². The van der Waals surface area contributed by atoms with E-state index < -0.39 is 0 Å². The Morgan fingerprint density at radius 3 is 3.13 bits per heavy atom. The quantitative estimate of drug-likeness (QED) is 0.607. The van der Waals surface area contributed by atoms with E-state index in [-0.39, 0.29) is 0 Å². The van der Waals surface area contributed by atoms with E-state index in [2.05, 4.69) is 51.3 Å². The summed E-state index contributed by atoms with van der Waals surface area (Å²) in [5, 5.41) is 4.33. The van der Waals surface area contributed by atoms with Crippen LogP contribution in [0.4, 0.5) is 0 Å². The average molecular weight is 264 g/mol. The predicted octanol–water partition coefficient (Wildman–Crippen LogP) is 2.47. The topological polar surface area (TPSA) is 12.0 Å². The van der Waals surface area contributed by atoms with Gasteiger partial charge in [-0.3, -0.25) is 0 Å². The van der Waals surface area contributed by atoms with Gasteiger partial charge in [-0.15, -0.1) is 0 Å². The second-order valence-electron chi connectivity index (χ2n) is 3.65. The average Bonchev–Trinajstić information content (AvgIpc) is 2.29. The molecule has 1 aromatic rings. The van der Waals surface area contributed by atoms with Gasteiger partial charge in [-0.2, -0.15) is 0 Å². The van der Waals surface area contributed by atoms with Gasteiger partial charge in [-0.05, 0) is 36.2 Å². The molecule has 78 valence electrons. The number of benzene rings is 1. The van der Waals surface area contributed by atoms with E-state index in [4.69, 9.17) is 0 Å². The predicted molar refractivity (Wildman–Crippen MR) is 67.1 cm³/mol. The van der Waals surface area contributed by atoms with Gasteiger partial charge in [0.25, 0.3) is 0 Å². The number of fused-ring (bicyclic) bond motifs is 1. The molecule has 0 saturated heterocycles. The van der Waals surface area contributed by atoms with E-state index in [1.807, 2.05) is 0 Å². The molecule has 1 N–H and O–H groups in total. The first-order valence-corrected chi connectivity index (χ1v) is 6.39. The Balaban J connectivity index is 2.18. The minimum atomic E-state index is 0.912. The molecule has 0 bridgehead atoms. The van der Waals surface area contributed by atoms with Crippen molar-refractivity contribution in [3.63, 3.8) is 0 Å². The third-order valence-electron chi connectivity index (χ3n) is 2.55. The van der Waals surface area contributed by atoms with Crippen LogP contribution < -0.4 is 5.32 Å². The lowest BCUT2D eigenvalue weighted by molar-refractivity contribution is 0.643. The summed E-state index contributed by atoms with van der Waals surface area (Å²) in [7, 11) is 0. The largest absolute Gasteiger partial charge is 0.312 e.